The summed E-state index contributed by atoms with van der Waals surface area (Å²) in [4.78, 5) is 3.31. The van der Waals surface area contributed by atoms with Crippen LogP contribution in [-0.2, 0) is 15.0 Å². The standard InChI is InChI=1S/2CN.Fe.H2O/c2*1-2;;/h;;;1H2. The Morgan fingerprint density at radius 1 is 1.17 bits per heavy atom. The van der Waals surface area contributed by atoms with E-state index in [9.17, 15) is 0 Å². The van der Waals surface area contributed by atoms with Crippen LogP contribution in [0.3, 0.4) is 0 Å². The van der Waals surface area contributed by atoms with Crippen molar-refractivity contribution < 1.29 is 20.4 Å². The van der Waals surface area contributed by atoms with Gasteiger partial charge in [0.2, 0.25) is 0 Å². The molecule has 2 N–H and O–H groups in total. The van der Waals surface area contributed by atoms with Gasteiger partial charge >= 0.3 is 35.4 Å². The number of hydrogen-bond donors (Lipinski definition) is 0. The van der Waals surface area contributed by atoms with E-state index in [1.165, 1.54) is 0 Å². The minimum absolute atomic E-state index is 0. The molecular weight excluding hydrogens is 124 g/mol. The molecule has 0 aromatic heterocycles. The molecule has 0 aromatic rings. The minimum atomic E-state index is 0. The second-order valence-corrected chi connectivity index (χ2v) is 1.02. The van der Waals surface area contributed by atoms with E-state index in [0.717, 1.165) is 0 Å². The molecule has 0 bridgehead atoms. The number of nitrogens with zero attached hydrogens (tertiary/aromatic N) is 2. The molecule has 0 aliphatic rings. The summed E-state index contributed by atoms with van der Waals surface area (Å²) in [5.74, 6) is 0. The van der Waals surface area contributed by atoms with E-state index in [-0.39, 0.29) is 20.4 Å². The van der Waals surface area contributed by atoms with Crippen molar-refractivity contribution in [1.82, 2.24) is 0 Å². The third kappa shape index (κ3) is 9.82. The summed E-state index contributed by atoms with van der Waals surface area (Å²) in [7, 11) is 0. The van der Waals surface area contributed by atoms with Crippen LogP contribution in [0.4, 0.5) is 0 Å². The molecule has 0 amide bonds. The summed E-state index contributed by atoms with van der Waals surface area (Å²) in [6, 6.07) is 0. The maximum absolute atomic E-state index is 7.59. The molecule has 0 aliphatic carbocycles. The van der Waals surface area contributed by atoms with Crippen LogP contribution in [-0.4, -0.2) is 5.48 Å². The summed E-state index contributed by atoms with van der Waals surface area (Å²) >= 11 is 0. The van der Waals surface area contributed by atoms with Crippen LogP contribution in [0.5, 0.6) is 0 Å². The van der Waals surface area contributed by atoms with E-state index in [1.807, 2.05) is 0 Å². The first kappa shape index (κ1) is 9.07. The Bertz CT molecular complexity index is 76.7. The van der Waals surface area contributed by atoms with Crippen molar-refractivity contribution in [2.75, 3.05) is 0 Å². The molecule has 0 heterocycles. The molecular formula is C2H2FeN2O. The van der Waals surface area contributed by atoms with Gasteiger partial charge in [-0.2, -0.15) is 0 Å². The first-order valence-corrected chi connectivity index (χ1v) is 1.90. The van der Waals surface area contributed by atoms with Gasteiger partial charge in [0.05, 0.1) is 0 Å². The second kappa shape index (κ2) is 8.82. The summed E-state index contributed by atoms with van der Waals surface area (Å²) in [6.45, 7) is 0. The maximum atomic E-state index is 7.59. The van der Waals surface area contributed by atoms with Gasteiger partial charge in [0.1, 0.15) is 0 Å². The van der Waals surface area contributed by atoms with Crippen LogP contribution in [0.15, 0.2) is 0 Å². The van der Waals surface area contributed by atoms with E-state index < -0.39 is 0 Å². The van der Waals surface area contributed by atoms with Gasteiger partial charge < -0.3 is 5.48 Å². The van der Waals surface area contributed by atoms with Crippen molar-refractivity contribution in [2.24, 2.45) is 0 Å². The van der Waals surface area contributed by atoms with E-state index in [2.05, 4.69) is 0 Å². The topological polar surface area (TPSA) is 79.1 Å². The number of rotatable bonds is 0. The van der Waals surface area contributed by atoms with Crippen molar-refractivity contribution in [3.8, 4) is 9.94 Å². The van der Waals surface area contributed by atoms with Gasteiger partial charge in [-0.3, -0.25) is 0 Å². The average Bonchev–Trinajstić information content (AvgIpc) is 1.41. The molecule has 0 unspecified atom stereocenters. The van der Waals surface area contributed by atoms with Crippen LogP contribution >= 0.6 is 0 Å². The van der Waals surface area contributed by atoms with Gasteiger partial charge in [-0.05, 0) is 0 Å². The zero-order valence-electron chi connectivity index (χ0n) is 2.75. The molecule has 4 heteroatoms. The molecule has 0 saturated carbocycles. The monoisotopic (exact) mass is 126 g/mol. The first-order valence-electron chi connectivity index (χ1n) is 0.801. The molecule has 0 atom stereocenters. The van der Waals surface area contributed by atoms with Gasteiger partial charge in [0.25, 0.3) is 0 Å². The predicted molar refractivity (Wildman–Crippen MR) is 14.8 cm³/mol. The van der Waals surface area contributed by atoms with E-state index >= 15 is 0 Å². The fraction of sp³-hybridized carbons (Fsp3) is 0. The van der Waals surface area contributed by atoms with Crippen molar-refractivity contribution in [1.29, 1.82) is 10.5 Å². The van der Waals surface area contributed by atoms with E-state index in [0.29, 0.717) is 0 Å². The number of nitriles is 2. The minimum Gasteiger partial charge on any atom is -0.412 e. The van der Waals surface area contributed by atoms with Gasteiger partial charge in [0, 0.05) is 0 Å². The molecule has 3 nitrogen and oxygen atoms in total. The van der Waals surface area contributed by atoms with Crippen molar-refractivity contribution >= 4 is 0 Å². The fourth-order valence-electron chi connectivity index (χ4n) is 0.0177. The van der Waals surface area contributed by atoms with Crippen LogP contribution in [0.2, 0.25) is 0 Å². The van der Waals surface area contributed by atoms with Crippen LogP contribution in [0, 0.1) is 20.5 Å². The number of hydrogen-bond acceptors (Lipinski definition) is 2. The molecule has 0 fully saturated rings. The molecule has 0 aliphatic heterocycles. The van der Waals surface area contributed by atoms with E-state index in [4.69, 9.17) is 10.5 Å². The van der Waals surface area contributed by atoms with Crippen LogP contribution in [0.1, 0.15) is 0 Å². The Balaban J connectivity index is 0. The van der Waals surface area contributed by atoms with Crippen molar-refractivity contribution in [2.45, 2.75) is 0 Å². The zero-order chi connectivity index (χ0) is 4.12. The largest absolute Gasteiger partial charge is 0.412 e. The maximum Gasteiger partial charge on any atom is -0.412 e. The molecule has 0 rings (SSSR count). The van der Waals surface area contributed by atoms with Crippen molar-refractivity contribution in [3.63, 3.8) is 0 Å². The van der Waals surface area contributed by atoms with Gasteiger partial charge in [-0.1, -0.05) is 0 Å². The predicted octanol–water partition coefficient (Wildman–Crippen LogP) is -0.794. The Morgan fingerprint density at radius 3 is 1.50 bits per heavy atom. The Morgan fingerprint density at radius 2 is 1.50 bits per heavy atom. The Hall–Kier alpha value is -0.541. The van der Waals surface area contributed by atoms with Crippen LogP contribution in [0.25, 0.3) is 0 Å². The van der Waals surface area contributed by atoms with E-state index in [1.54, 1.807) is 9.94 Å². The summed E-state index contributed by atoms with van der Waals surface area (Å²) < 4.78 is 0. The molecule has 0 aromatic carbocycles. The Kier molecular flexibility index (Phi) is 13.3. The third-order valence-corrected chi connectivity index (χ3v) is 0.326. The third-order valence-electron chi connectivity index (χ3n) is 0.0791. The zero-order valence-corrected chi connectivity index (χ0v) is 3.85. The molecule has 6 heavy (non-hydrogen) atoms. The molecule has 0 radical (unpaired) electrons. The van der Waals surface area contributed by atoms with Gasteiger partial charge in [-0.15, -0.1) is 0 Å². The second-order valence-electron chi connectivity index (χ2n) is 0.247. The van der Waals surface area contributed by atoms with Crippen molar-refractivity contribution in [3.05, 3.63) is 0 Å². The fourth-order valence-corrected chi connectivity index (χ4v) is 0.0729. The smallest absolute Gasteiger partial charge is 0.412 e. The Labute approximate surface area is 41.7 Å². The molecule has 0 spiro atoms. The molecule has 0 saturated heterocycles. The normalized spacial score (nSPS) is 4.33. The first-order chi connectivity index (χ1) is 2.41. The SMILES string of the molecule is N#[C][Fe][C]#N.O. The quantitative estimate of drug-likeness (QED) is 0.398. The molecule has 34 valence electrons. The van der Waals surface area contributed by atoms with Crippen LogP contribution < -0.4 is 0 Å². The summed E-state index contributed by atoms with van der Waals surface area (Å²) in [5.41, 5.74) is 0. The summed E-state index contributed by atoms with van der Waals surface area (Å²) in [6.07, 6.45) is 0. The van der Waals surface area contributed by atoms with Gasteiger partial charge in [0.15, 0.2) is 0 Å². The summed E-state index contributed by atoms with van der Waals surface area (Å²) in [5, 5.41) is 15.2. The average molecular weight is 126 g/mol. The van der Waals surface area contributed by atoms with Gasteiger partial charge in [-0.25, -0.2) is 0 Å².